The monoisotopic (exact) mass is 432 g/mol. The van der Waals surface area contributed by atoms with Crippen LogP contribution in [0.2, 0.25) is 0 Å². The highest BCUT2D eigenvalue weighted by Gasteiger charge is 2.02. The molecule has 0 spiro atoms. The minimum absolute atomic E-state index is 0.736. The second-order valence-corrected chi connectivity index (χ2v) is 6.50. The highest BCUT2D eigenvalue weighted by molar-refractivity contribution is 9.11. The molecule has 0 radical (unpaired) electrons. The third-order valence-corrected chi connectivity index (χ3v) is 4.01. The average Bonchev–Trinajstić information content (AvgIpc) is 2.32. The Hall–Kier alpha value is -0.230. The van der Waals surface area contributed by atoms with Gasteiger partial charge in [-0.25, -0.2) is 0 Å². The van der Waals surface area contributed by atoms with Crippen molar-refractivity contribution in [2.45, 2.75) is 13.1 Å². The van der Waals surface area contributed by atoms with Crippen LogP contribution in [0.5, 0.6) is 0 Å². The van der Waals surface area contributed by atoms with E-state index in [-0.39, 0.29) is 0 Å². The predicted octanol–water partition coefficient (Wildman–Crippen LogP) is 4.66. The SMILES string of the molecule is Brc1cccc(CNCc2ncc(Br)cc2Br)c1. The summed E-state index contributed by atoms with van der Waals surface area (Å²) in [5.41, 5.74) is 2.26. The molecular weight excluding hydrogens is 424 g/mol. The Balaban J connectivity index is 1.92. The molecule has 0 saturated heterocycles. The van der Waals surface area contributed by atoms with E-state index >= 15 is 0 Å². The Morgan fingerprint density at radius 1 is 1.00 bits per heavy atom. The van der Waals surface area contributed by atoms with Gasteiger partial charge in [0.05, 0.1) is 5.69 Å². The topological polar surface area (TPSA) is 24.9 Å². The molecule has 1 N–H and O–H groups in total. The van der Waals surface area contributed by atoms with E-state index < -0.39 is 0 Å². The van der Waals surface area contributed by atoms with Crippen LogP contribution in [0, 0.1) is 0 Å². The molecule has 94 valence electrons. The first-order chi connectivity index (χ1) is 8.65. The van der Waals surface area contributed by atoms with Crippen molar-refractivity contribution >= 4 is 47.8 Å². The van der Waals surface area contributed by atoms with Crippen LogP contribution in [-0.4, -0.2) is 4.98 Å². The van der Waals surface area contributed by atoms with Gasteiger partial charge in [-0.15, -0.1) is 0 Å². The first kappa shape index (κ1) is 14.2. The zero-order chi connectivity index (χ0) is 13.0. The van der Waals surface area contributed by atoms with E-state index in [0.29, 0.717) is 0 Å². The molecule has 0 aliphatic heterocycles. The Kier molecular flexibility index (Phi) is 5.36. The second kappa shape index (κ2) is 6.80. The van der Waals surface area contributed by atoms with Gasteiger partial charge in [0.15, 0.2) is 0 Å². The van der Waals surface area contributed by atoms with Crippen LogP contribution >= 0.6 is 47.8 Å². The summed E-state index contributed by atoms with van der Waals surface area (Å²) < 4.78 is 3.09. The number of rotatable bonds is 4. The normalized spacial score (nSPS) is 10.6. The van der Waals surface area contributed by atoms with E-state index in [2.05, 4.69) is 70.2 Å². The number of aromatic nitrogens is 1. The Morgan fingerprint density at radius 3 is 2.56 bits per heavy atom. The van der Waals surface area contributed by atoms with Crippen molar-refractivity contribution in [1.82, 2.24) is 10.3 Å². The quantitative estimate of drug-likeness (QED) is 0.757. The van der Waals surface area contributed by atoms with E-state index in [9.17, 15) is 0 Å². The van der Waals surface area contributed by atoms with Gasteiger partial charge in [-0.05, 0) is 55.6 Å². The van der Waals surface area contributed by atoms with Crippen molar-refractivity contribution in [2.24, 2.45) is 0 Å². The van der Waals surface area contributed by atoms with Gasteiger partial charge in [0.1, 0.15) is 0 Å². The number of pyridine rings is 1. The van der Waals surface area contributed by atoms with Gasteiger partial charge in [0.2, 0.25) is 0 Å². The second-order valence-electron chi connectivity index (χ2n) is 3.82. The molecule has 1 aromatic heterocycles. The summed E-state index contributed by atoms with van der Waals surface area (Å²) in [6.07, 6.45) is 1.81. The maximum Gasteiger partial charge on any atom is 0.0684 e. The van der Waals surface area contributed by atoms with Crippen molar-refractivity contribution in [3.63, 3.8) is 0 Å². The largest absolute Gasteiger partial charge is 0.307 e. The molecule has 1 heterocycles. The highest BCUT2D eigenvalue weighted by atomic mass is 79.9. The van der Waals surface area contributed by atoms with Crippen molar-refractivity contribution in [1.29, 1.82) is 0 Å². The molecule has 0 amide bonds. The maximum atomic E-state index is 4.36. The molecule has 18 heavy (non-hydrogen) atoms. The summed E-state index contributed by atoms with van der Waals surface area (Å²) in [7, 11) is 0. The first-order valence-corrected chi connectivity index (χ1v) is 7.78. The molecule has 0 aliphatic carbocycles. The average molecular weight is 435 g/mol. The fourth-order valence-corrected chi connectivity index (χ4v) is 3.12. The lowest BCUT2D eigenvalue weighted by atomic mass is 10.2. The van der Waals surface area contributed by atoms with Crippen LogP contribution in [0.3, 0.4) is 0 Å². The summed E-state index contributed by atoms with van der Waals surface area (Å²) in [5, 5.41) is 3.38. The molecule has 0 saturated carbocycles. The van der Waals surface area contributed by atoms with Gasteiger partial charge in [0.25, 0.3) is 0 Å². The lowest BCUT2D eigenvalue weighted by molar-refractivity contribution is 0.677. The van der Waals surface area contributed by atoms with E-state index in [1.807, 2.05) is 18.2 Å². The Labute approximate surface area is 132 Å². The minimum atomic E-state index is 0.736. The van der Waals surface area contributed by atoms with Crippen LogP contribution in [0.4, 0.5) is 0 Å². The van der Waals surface area contributed by atoms with Gasteiger partial charge < -0.3 is 5.32 Å². The summed E-state index contributed by atoms with van der Waals surface area (Å²) in [6.45, 7) is 1.56. The summed E-state index contributed by atoms with van der Waals surface area (Å²) in [6, 6.07) is 10.3. The summed E-state index contributed by atoms with van der Waals surface area (Å²) in [5.74, 6) is 0. The lowest BCUT2D eigenvalue weighted by Gasteiger charge is -2.07. The molecule has 5 heteroatoms. The van der Waals surface area contributed by atoms with Gasteiger partial charge in [-0.3, -0.25) is 4.98 Å². The van der Waals surface area contributed by atoms with Crippen LogP contribution in [-0.2, 0) is 13.1 Å². The lowest BCUT2D eigenvalue weighted by Crippen LogP contribution is -2.14. The molecule has 0 aliphatic rings. The van der Waals surface area contributed by atoms with Crippen LogP contribution in [0.25, 0.3) is 0 Å². The van der Waals surface area contributed by atoms with Crippen molar-refractivity contribution in [3.8, 4) is 0 Å². The summed E-state index contributed by atoms with van der Waals surface area (Å²) >= 11 is 10.4. The van der Waals surface area contributed by atoms with Crippen LogP contribution in [0.15, 0.2) is 49.9 Å². The fraction of sp³-hybridized carbons (Fsp3) is 0.154. The molecule has 2 nitrogen and oxygen atoms in total. The molecule has 0 atom stereocenters. The van der Waals surface area contributed by atoms with Gasteiger partial charge in [-0.1, -0.05) is 28.1 Å². The van der Waals surface area contributed by atoms with Crippen molar-refractivity contribution < 1.29 is 0 Å². The zero-order valence-electron chi connectivity index (χ0n) is 9.46. The number of hydrogen-bond donors (Lipinski definition) is 1. The summed E-state index contributed by atoms with van der Waals surface area (Å²) in [4.78, 5) is 4.36. The standard InChI is InChI=1S/C13H11Br3N2/c14-10-3-1-2-9(4-10)6-17-8-13-12(16)5-11(15)7-18-13/h1-5,7,17H,6,8H2. The van der Waals surface area contributed by atoms with E-state index in [1.165, 1.54) is 5.56 Å². The molecule has 0 bridgehead atoms. The van der Waals surface area contributed by atoms with Gasteiger partial charge in [0, 0.05) is 32.7 Å². The minimum Gasteiger partial charge on any atom is -0.307 e. The number of nitrogens with zero attached hydrogens (tertiary/aromatic N) is 1. The van der Waals surface area contributed by atoms with Crippen molar-refractivity contribution in [3.05, 3.63) is 61.2 Å². The van der Waals surface area contributed by atoms with E-state index in [0.717, 1.165) is 32.2 Å². The Bertz CT molecular complexity index is 544. The molecule has 2 rings (SSSR count). The number of benzene rings is 1. The maximum absolute atomic E-state index is 4.36. The van der Waals surface area contributed by atoms with Crippen LogP contribution < -0.4 is 5.32 Å². The zero-order valence-corrected chi connectivity index (χ0v) is 14.2. The molecular formula is C13H11Br3N2. The molecule has 2 aromatic rings. The third kappa shape index (κ3) is 4.16. The van der Waals surface area contributed by atoms with Gasteiger partial charge >= 0.3 is 0 Å². The van der Waals surface area contributed by atoms with Crippen LogP contribution in [0.1, 0.15) is 11.3 Å². The predicted molar refractivity (Wildman–Crippen MR) is 84.3 cm³/mol. The smallest absolute Gasteiger partial charge is 0.0684 e. The number of hydrogen-bond acceptors (Lipinski definition) is 2. The number of halogens is 3. The molecule has 1 aromatic carbocycles. The number of nitrogens with one attached hydrogen (secondary N) is 1. The Morgan fingerprint density at radius 2 is 1.83 bits per heavy atom. The van der Waals surface area contributed by atoms with Crippen molar-refractivity contribution in [2.75, 3.05) is 0 Å². The van der Waals surface area contributed by atoms with E-state index in [4.69, 9.17) is 0 Å². The van der Waals surface area contributed by atoms with Gasteiger partial charge in [-0.2, -0.15) is 0 Å². The van der Waals surface area contributed by atoms with E-state index in [1.54, 1.807) is 6.20 Å². The first-order valence-electron chi connectivity index (χ1n) is 5.40. The third-order valence-electron chi connectivity index (χ3n) is 2.39. The molecule has 0 unspecified atom stereocenters. The fourth-order valence-electron chi connectivity index (χ4n) is 1.55. The molecule has 0 fully saturated rings. The highest BCUT2D eigenvalue weighted by Crippen LogP contribution is 2.19.